The van der Waals surface area contributed by atoms with Crippen LogP contribution >= 0.6 is 0 Å². The van der Waals surface area contributed by atoms with Crippen molar-refractivity contribution in [3.63, 3.8) is 0 Å². The van der Waals surface area contributed by atoms with Gasteiger partial charge in [0, 0.05) is 42.9 Å². The van der Waals surface area contributed by atoms with E-state index >= 15 is 0 Å². The number of imidazole rings is 1. The molecule has 0 aliphatic carbocycles. The fraction of sp³-hybridized carbons (Fsp3) is 0.222. The van der Waals surface area contributed by atoms with Gasteiger partial charge in [0.15, 0.2) is 0 Å². The average molecular weight is 539 g/mol. The number of carbonyl (C=O) groups is 2. The highest BCUT2D eigenvalue weighted by atomic mass is 19.4. The van der Waals surface area contributed by atoms with Crippen LogP contribution in [0.15, 0.2) is 67.1 Å². The Hall–Kier alpha value is -4.58. The normalized spacial score (nSPS) is 12.6. The number of alkyl halides is 3. The molecule has 2 amide bonds. The molecule has 3 heterocycles. The minimum absolute atomic E-state index is 0.210. The standard InChI is InChI=1S/C27H25F3N6O3/c1-16-24-23(35-25(36(24)13-12-31-16)17(2)33-22(37)5-4-14-39-3)18-6-8-19(9-7-18)26(38)34-21-15-20(10-11-32-21)27(28,29)30/h4-13,15,17H,14H2,1-3H3,(H,33,37)(H,32,34,38)/b5-4+/t17-/m0/s1. The number of methoxy groups -OCH3 is 1. The van der Waals surface area contributed by atoms with E-state index in [1.807, 2.05) is 18.2 Å². The smallest absolute Gasteiger partial charge is 0.381 e. The summed E-state index contributed by atoms with van der Waals surface area (Å²) >= 11 is 0. The van der Waals surface area contributed by atoms with E-state index in [0.29, 0.717) is 29.4 Å². The lowest BCUT2D eigenvalue weighted by molar-refractivity contribution is -0.137. The summed E-state index contributed by atoms with van der Waals surface area (Å²) in [6, 6.07) is 7.61. The summed E-state index contributed by atoms with van der Waals surface area (Å²) in [5.41, 5.74) is 2.03. The number of rotatable bonds is 8. The van der Waals surface area contributed by atoms with Crippen molar-refractivity contribution in [2.75, 3.05) is 19.0 Å². The van der Waals surface area contributed by atoms with Crippen molar-refractivity contribution in [2.45, 2.75) is 26.1 Å². The van der Waals surface area contributed by atoms with Crippen LogP contribution in [0.2, 0.25) is 0 Å². The van der Waals surface area contributed by atoms with Gasteiger partial charge in [0.25, 0.3) is 5.91 Å². The predicted molar refractivity (Wildman–Crippen MR) is 138 cm³/mol. The molecule has 12 heteroatoms. The molecule has 2 N–H and O–H groups in total. The third kappa shape index (κ3) is 6.29. The molecule has 3 aromatic heterocycles. The predicted octanol–water partition coefficient (Wildman–Crippen LogP) is 4.75. The van der Waals surface area contributed by atoms with Crippen LogP contribution in [-0.2, 0) is 15.7 Å². The molecule has 0 aliphatic heterocycles. The van der Waals surface area contributed by atoms with Crippen molar-refractivity contribution in [3.05, 3.63) is 89.8 Å². The Morgan fingerprint density at radius 1 is 1.13 bits per heavy atom. The summed E-state index contributed by atoms with van der Waals surface area (Å²) in [5, 5.41) is 5.27. The molecule has 0 saturated carbocycles. The van der Waals surface area contributed by atoms with Gasteiger partial charge < -0.3 is 15.4 Å². The second kappa shape index (κ2) is 11.4. The summed E-state index contributed by atoms with van der Waals surface area (Å²) in [7, 11) is 1.53. The van der Waals surface area contributed by atoms with Crippen LogP contribution in [0.25, 0.3) is 16.8 Å². The first-order valence-electron chi connectivity index (χ1n) is 11.8. The number of carbonyl (C=O) groups excluding carboxylic acids is 2. The van der Waals surface area contributed by atoms with Gasteiger partial charge in [-0.1, -0.05) is 18.2 Å². The Labute approximate surface area is 221 Å². The zero-order valence-corrected chi connectivity index (χ0v) is 21.3. The van der Waals surface area contributed by atoms with Crippen LogP contribution in [0.1, 0.15) is 40.4 Å². The number of hydrogen-bond acceptors (Lipinski definition) is 6. The van der Waals surface area contributed by atoms with Crippen molar-refractivity contribution in [1.82, 2.24) is 24.7 Å². The highest BCUT2D eigenvalue weighted by molar-refractivity contribution is 6.04. The summed E-state index contributed by atoms with van der Waals surface area (Å²) in [6.45, 7) is 3.96. The molecule has 0 aliphatic rings. The van der Waals surface area contributed by atoms with Crippen LogP contribution in [0, 0.1) is 6.92 Å². The summed E-state index contributed by atoms with van der Waals surface area (Å²) in [6.07, 6.45) is 2.82. The van der Waals surface area contributed by atoms with Gasteiger partial charge in [0.1, 0.15) is 11.6 Å². The third-order valence-corrected chi connectivity index (χ3v) is 5.79. The molecule has 0 saturated heterocycles. The van der Waals surface area contributed by atoms with Crippen LogP contribution < -0.4 is 10.6 Å². The molecule has 1 aromatic carbocycles. The van der Waals surface area contributed by atoms with Crippen LogP contribution in [-0.4, -0.2) is 44.9 Å². The molecule has 39 heavy (non-hydrogen) atoms. The zero-order chi connectivity index (χ0) is 28.2. The van der Waals surface area contributed by atoms with E-state index in [2.05, 4.69) is 20.6 Å². The van der Waals surface area contributed by atoms with Gasteiger partial charge in [0.2, 0.25) is 5.91 Å². The minimum atomic E-state index is -4.55. The molecule has 4 aromatic rings. The van der Waals surface area contributed by atoms with Gasteiger partial charge in [-0.2, -0.15) is 13.2 Å². The highest BCUT2D eigenvalue weighted by Crippen LogP contribution is 2.31. The molecule has 0 bridgehead atoms. The number of aryl methyl sites for hydroxylation is 1. The number of nitrogens with zero attached hydrogens (tertiary/aromatic N) is 4. The van der Waals surface area contributed by atoms with Crippen molar-refractivity contribution < 1.29 is 27.5 Å². The number of nitrogens with one attached hydrogen (secondary N) is 2. The fourth-order valence-electron chi connectivity index (χ4n) is 3.95. The van der Waals surface area contributed by atoms with E-state index in [0.717, 1.165) is 23.8 Å². The molecule has 202 valence electrons. The number of halogens is 3. The number of anilines is 1. The molecule has 4 rings (SSSR count). The van der Waals surface area contributed by atoms with Gasteiger partial charge in [-0.3, -0.25) is 19.0 Å². The first-order valence-corrected chi connectivity index (χ1v) is 11.8. The maximum Gasteiger partial charge on any atom is 0.416 e. The molecule has 0 unspecified atom stereocenters. The molecular weight excluding hydrogens is 513 g/mol. The maximum absolute atomic E-state index is 13.0. The largest absolute Gasteiger partial charge is 0.416 e. The van der Waals surface area contributed by atoms with Crippen LogP contribution in [0.4, 0.5) is 19.0 Å². The van der Waals surface area contributed by atoms with Gasteiger partial charge in [-0.05, 0) is 38.1 Å². The number of aromatic nitrogens is 4. The van der Waals surface area contributed by atoms with E-state index in [1.54, 1.807) is 42.7 Å². The Balaban J connectivity index is 1.59. The lowest BCUT2D eigenvalue weighted by atomic mass is 10.1. The van der Waals surface area contributed by atoms with E-state index in [1.165, 1.54) is 13.2 Å². The Morgan fingerprint density at radius 3 is 2.56 bits per heavy atom. The first kappa shape index (κ1) is 27.5. The lowest BCUT2D eigenvalue weighted by Crippen LogP contribution is -2.26. The summed E-state index contributed by atoms with van der Waals surface area (Å²) < 4.78 is 45.7. The molecule has 0 radical (unpaired) electrons. The maximum atomic E-state index is 13.0. The van der Waals surface area contributed by atoms with Gasteiger partial charge >= 0.3 is 6.18 Å². The first-order chi connectivity index (χ1) is 18.6. The van der Waals surface area contributed by atoms with Crippen molar-refractivity contribution in [3.8, 4) is 11.3 Å². The van der Waals surface area contributed by atoms with E-state index < -0.39 is 23.7 Å². The second-order valence-electron chi connectivity index (χ2n) is 8.60. The molecular formula is C27H25F3N6O3. The fourth-order valence-corrected chi connectivity index (χ4v) is 3.95. The third-order valence-electron chi connectivity index (χ3n) is 5.79. The number of hydrogen-bond donors (Lipinski definition) is 2. The van der Waals surface area contributed by atoms with E-state index in [-0.39, 0.29) is 17.3 Å². The Kier molecular flexibility index (Phi) is 8.05. The summed E-state index contributed by atoms with van der Waals surface area (Å²) in [5.74, 6) is -0.538. The molecule has 1 atom stereocenters. The molecule has 0 fully saturated rings. The molecule has 9 nitrogen and oxygen atoms in total. The number of benzene rings is 1. The number of ether oxygens (including phenoxy) is 1. The minimum Gasteiger partial charge on any atom is -0.381 e. The van der Waals surface area contributed by atoms with Crippen molar-refractivity contribution >= 4 is 23.1 Å². The van der Waals surface area contributed by atoms with E-state index in [9.17, 15) is 22.8 Å². The highest BCUT2D eigenvalue weighted by Gasteiger charge is 2.31. The van der Waals surface area contributed by atoms with E-state index in [4.69, 9.17) is 9.72 Å². The Bertz CT molecular complexity index is 1530. The number of pyridine rings is 1. The molecule has 0 spiro atoms. The van der Waals surface area contributed by atoms with Crippen LogP contribution in [0.3, 0.4) is 0 Å². The lowest BCUT2D eigenvalue weighted by Gasteiger charge is -2.11. The monoisotopic (exact) mass is 538 g/mol. The van der Waals surface area contributed by atoms with Crippen molar-refractivity contribution in [2.24, 2.45) is 0 Å². The van der Waals surface area contributed by atoms with Crippen LogP contribution in [0.5, 0.6) is 0 Å². The number of fused-ring (bicyclic) bond motifs is 1. The van der Waals surface area contributed by atoms with Gasteiger partial charge in [0.05, 0.1) is 35.1 Å². The Morgan fingerprint density at radius 2 is 1.87 bits per heavy atom. The quantitative estimate of drug-likeness (QED) is 0.313. The van der Waals surface area contributed by atoms with Crippen molar-refractivity contribution in [1.29, 1.82) is 0 Å². The number of amides is 2. The average Bonchev–Trinajstić information content (AvgIpc) is 3.30. The van der Waals surface area contributed by atoms with Gasteiger partial charge in [-0.25, -0.2) is 9.97 Å². The second-order valence-corrected chi connectivity index (χ2v) is 8.60. The van der Waals surface area contributed by atoms with Gasteiger partial charge in [-0.15, -0.1) is 0 Å². The zero-order valence-electron chi connectivity index (χ0n) is 21.3. The topological polar surface area (TPSA) is 111 Å². The SMILES string of the molecule is COC/C=C/C(=O)N[C@@H](C)c1nc(-c2ccc(C(=O)Nc3cc(C(F)(F)F)ccn3)cc2)c2c(C)nccn12. The summed E-state index contributed by atoms with van der Waals surface area (Å²) in [4.78, 5) is 37.9.